The van der Waals surface area contributed by atoms with E-state index in [1.807, 2.05) is 30.0 Å². The molecule has 1 aromatic rings. The van der Waals surface area contributed by atoms with Gasteiger partial charge in [0.25, 0.3) is 0 Å². The molecular weight excluding hydrogens is 216 g/mol. The van der Waals surface area contributed by atoms with Crippen molar-refractivity contribution < 1.29 is 4.79 Å². The molecule has 1 aliphatic rings. The lowest BCUT2D eigenvalue weighted by Gasteiger charge is -2.20. The number of Topliss-reactive ketones (excluding diaryl/α,β-unsaturated/α-hetero) is 1. The van der Waals surface area contributed by atoms with Crippen molar-refractivity contribution in [2.24, 2.45) is 5.92 Å². The first-order chi connectivity index (χ1) is 7.70. The van der Waals surface area contributed by atoms with E-state index in [9.17, 15) is 4.79 Å². The van der Waals surface area contributed by atoms with Gasteiger partial charge in [-0.2, -0.15) is 11.8 Å². The number of carbonyl (C=O) groups excluding carboxylic acids is 1. The van der Waals surface area contributed by atoms with Crippen LogP contribution in [-0.4, -0.2) is 17.3 Å². The number of rotatable bonds is 3. The maximum absolute atomic E-state index is 11.6. The van der Waals surface area contributed by atoms with Gasteiger partial charge in [-0.15, -0.1) is 0 Å². The second kappa shape index (κ2) is 5.05. The highest BCUT2D eigenvalue weighted by molar-refractivity contribution is 7.99. The first-order valence-corrected chi connectivity index (χ1v) is 7.03. The smallest absolute Gasteiger partial charge is 0.160 e. The van der Waals surface area contributed by atoms with Crippen LogP contribution in [0.5, 0.6) is 0 Å². The molecule has 1 nitrogen and oxygen atoms in total. The third kappa shape index (κ3) is 2.32. The zero-order valence-corrected chi connectivity index (χ0v) is 10.7. The standard InChI is InChI=1S/C14H18OS/c1-10(12-7-8-16-9-12)13-5-3-4-6-14(13)11(2)15/h3-6,10,12H,7-9H2,1-2H3. The second-order valence-corrected chi connectivity index (χ2v) is 5.71. The third-order valence-corrected chi connectivity index (χ3v) is 4.69. The van der Waals surface area contributed by atoms with Crippen LogP contribution in [0.3, 0.4) is 0 Å². The van der Waals surface area contributed by atoms with Crippen molar-refractivity contribution >= 4 is 17.5 Å². The number of carbonyl (C=O) groups is 1. The van der Waals surface area contributed by atoms with E-state index in [2.05, 4.69) is 13.0 Å². The molecule has 0 saturated carbocycles. The molecule has 1 saturated heterocycles. The first kappa shape index (κ1) is 11.7. The Morgan fingerprint density at radius 2 is 2.19 bits per heavy atom. The van der Waals surface area contributed by atoms with Crippen LogP contribution in [0.15, 0.2) is 24.3 Å². The molecule has 1 aliphatic heterocycles. The summed E-state index contributed by atoms with van der Waals surface area (Å²) in [6, 6.07) is 8.07. The molecule has 0 aromatic heterocycles. The van der Waals surface area contributed by atoms with Crippen LogP contribution in [0.2, 0.25) is 0 Å². The van der Waals surface area contributed by atoms with E-state index < -0.39 is 0 Å². The van der Waals surface area contributed by atoms with Crippen molar-refractivity contribution in [1.82, 2.24) is 0 Å². The molecule has 1 heterocycles. The summed E-state index contributed by atoms with van der Waals surface area (Å²) in [4.78, 5) is 11.6. The highest BCUT2D eigenvalue weighted by Gasteiger charge is 2.25. The molecule has 2 heteroatoms. The number of benzene rings is 1. The van der Waals surface area contributed by atoms with Crippen molar-refractivity contribution in [3.63, 3.8) is 0 Å². The minimum atomic E-state index is 0.188. The molecule has 2 unspecified atom stereocenters. The maximum atomic E-state index is 11.6. The Morgan fingerprint density at radius 3 is 2.81 bits per heavy atom. The lowest BCUT2D eigenvalue weighted by Crippen LogP contribution is -2.12. The third-order valence-electron chi connectivity index (χ3n) is 3.50. The van der Waals surface area contributed by atoms with Gasteiger partial charge >= 0.3 is 0 Å². The van der Waals surface area contributed by atoms with Crippen molar-refractivity contribution in [2.75, 3.05) is 11.5 Å². The van der Waals surface area contributed by atoms with Crippen LogP contribution in [-0.2, 0) is 0 Å². The van der Waals surface area contributed by atoms with Gasteiger partial charge in [0.2, 0.25) is 0 Å². The van der Waals surface area contributed by atoms with Gasteiger partial charge in [0.05, 0.1) is 0 Å². The topological polar surface area (TPSA) is 17.1 Å². The molecule has 2 atom stereocenters. The van der Waals surface area contributed by atoms with Crippen LogP contribution < -0.4 is 0 Å². The summed E-state index contributed by atoms with van der Waals surface area (Å²) in [5, 5.41) is 0. The molecule has 0 spiro atoms. The van der Waals surface area contributed by atoms with Gasteiger partial charge in [-0.3, -0.25) is 4.79 Å². The number of thioether (sulfide) groups is 1. The first-order valence-electron chi connectivity index (χ1n) is 5.87. The van der Waals surface area contributed by atoms with E-state index in [4.69, 9.17) is 0 Å². The number of ketones is 1. The fraction of sp³-hybridized carbons (Fsp3) is 0.500. The zero-order valence-electron chi connectivity index (χ0n) is 9.90. The van der Waals surface area contributed by atoms with E-state index in [0.29, 0.717) is 5.92 Å². The van der Waals surface area contributed by atoms with Crippen molar-refractivity contribution in [1.29, 1.82) is 0 Å². The molecule has 0 amide bonds. The lowest BCUT2D eigenvalue weighted by atomic mass is 9.84. The van der Waals surface area contributed by atoms with Gasteiger partial charge in [-0.05, 0) is 42.2 Å². The van der Waals surface area contributed by atoms with Crippen LogP contribution in [0.1, 0.15) is 42.1 Å². The van der Waals surface area contributed by atoms with Gasteiger partial charge in [0, 0.05) is 5.56 Å². The highest BCUT2D eigenvalue weighted by atomic mass is 32.2. The normalized spacial score (nSPS) is 22.0. The fourth-order valence-corrected chi connectivity index (χ4v) is 3.81. The molecule has 2 rings (SSSR count). The average Bonchev–Trinajstić information content (AvgIpc) is 2.81. The fourth-order valence-electron chi connectivity index (χ4n) is 2.42. The molecule has 0 N–H and O–H groups in total. The molecule has 0 radical (unpaired) electrons. The molecule has 16 heavy (non-hydrogen) atoms. The predicted octanol–water partition coefficient (Wildman–Crippen LogP) is 3.75. The summed E-state index contributed by atoms with van der Waals surface area (Å²) in [7, 11) is 0. The number of hydrogen-bond donors (Lipinski definition) is 0. The van der Waals surface area contributed by atoms with Crippen LogP contribution in [0.4, 0.5) is 0 Å². The van der Waals surface area contributed by atoms with Gasteiger partial charge in [0.1, 0.15) is 0 Å². The molecule has 86 valence electrons. The summed E-state index contributed by atoms with van der Waals surface area (Å²) >= 11 is 2.03. The quantitative estimate of drug-likeness (QED) is 0.741. The van der Waals surface area contributed by atoms with E-state index >= 15 is 0 Å². The van der Waals surface area contributed by atoms with Crippen molar-refractivity contribution in [3.8, 4) is 0 Å². The van der Waals surface area contributed by atoms with Gasteiger partial charge < -0.3 is 0 Å². The Labute approximate surface area is 102 Å². The van der Waals surface area contributed by atoms with Crippen molar-refractivity contribution in [2.45, 2.75) is 26.2 Å². The number of hydrogen-bond acceptors (Lipinski definition) is 2. The average molecular weight is 234 g/mol. The minimum absolute atomic E-state index is 0.188. The highest BCUT2D eigenvalue weighted by Crippen LogP contribution is 2.36. The summed E-state index contributed by atoms with van der Waals surface area (Å²) in [5.41, 5.74) is 2.15. The Kier molecular flexibility index (Phi) is 3.70. The maximum Gasteiger partial charge on any atom is 0.160 e. The lowest BCUT2D eigenvalue weighted by molar-refractivity contribution is 0.101. The van der Waals surface area contributed by atoms with E-state index in [1.54, 1.807) is 6.92 Å². The Morgan fingerprint density at radius 1 is 1.44 bits per heavy atom. The van der Waals surface area contributed by atoms with E-state index in [0.717, 1.165) is 11.5 Å². The summed E-state index contributed by atoms with van der Waals surface area (Å²) in [5.74, 6) is 3.96. The SMILES string of the molecule is CC(=O)c1ccccc1C(C)C1CCSC1. The zero-order chi connectivity index (χ0) is 11.5. The molecule has 1 fully saturated rings. The molecular formula is C14H18OS. The Hall–Kier alpha value is -0.760. The van der Waals surface area contributed by atoms with E-state index in [-0.39, 0.29) is 5.78 Å². The van der Waals surface area contributed by atoms with Crippen LogP contribution >= 0.6 is 11.8 Å². The van der Waals surface area contributed by atoms with Gasteiger partial charge in [0.15, 0.2) is 5.78 Å². The second-order valence-electron chi connectivity index (χ2n) is 4.56. The Bertz CT molecular complexity index is 380. The molecule has 0 bridgehead atoms. The monoisotopic (exact) mass is 234 g/mol. The van der Waals surface area contributed by atoms with Gasteiger partial charge in [-0.25, -0.2) is 0 Å². The predicted molar refractivity (Wildman–Crippen MR) is 70.3 cm³/mol. The van der Waals surface area contributed by atoms with Crippen LogP contribution in [0.25, 0.3) is 0 Å². The Balaban J connectivity index is 2.27. The minimum Gasteiger partial charge on any atom is -0.295 e. The summed E-state index contributed by atoms with van der Waals surface area (Å²) in [6.45, 7) is 3.92. The van der Waals surface area contributed by atoms with Crippen LogP contribution in [0, 0.1) is 5.92 Å². The molecule has 1 aromatic carbocycles. The van der Waals surface area contributed by atoms with E-state index in [1.165, 1.54) is 23.5 Å². The summed E-state index contributed by atoms with van der Waals surface area (Å²) in [6.07, 6.45) is 1.29. The largest absolute Gasteiger partial charge is 0.295 e. The summed E-state index contributed by atoms with van der Waals surface area (Å²) < 4.78 is 0. The van der Waals surface area contributed by atoms with Crippen molar-refractivity contribution in [3.05, 3.63) is 35.4 Å². The van der Waals surface area contributed by atoms with Gasteiger partial charge in [-0.1, -0.05) is 31.2 Å². The molecule has 0 aliphatic carbocycles.